The van der Waals surface area contributed by atoms with E-state index in [1.54, 1.807) is 6.20 Å². The predicted molar refractivity (Wildman–Crippen MR) is 93.5 cm³/mol. The van der Waals surface area contributed by atoms with E-state index in [4.69, 9.17) is 0 Å². The Morgan fingerprint density at radius 1 is 1.29 bits per heavy atom. The molecule has 0 fully saturated rings. The van der Waals surface area contributed by atoms with Gasteiger partial charge in [0.2, 0.25) is 5.91 Å². The third-order valence-electron chi connectivity index (χ3n) is 4.06. The molecule has 0 aliphatic rings. The number of para-hydroxylation sites is 2. The van der Waals surface area contributed by atoms with Gasteiger partial charge in [-0.1, -0.05) is 26.0 Å². The maximum atomic E-state index is 12.3. The second-order valence-corrected chi connectivity index (χ2v) is 6.09. The molecule has 24 heavy (non-hydrogen) atoms. The number of carbonyl (C=O) groups excluding carboxylic acids is 1. The highest BCUT2D eigenvalue weighted by atomic mass is 16.1. The Bertz CT molecular complexity index is 806. The highest BCUT2D eigenvalue weighted by Crippen LogP contribution is 2.16. The topological polar surface area (TPSA) is 64.7 Å². The SMILES string of the molecule is CCc1nc2ccccc2n1CC(=O)NCC(C)Cn1cccn1. The van der Waals surface area contributed by atoms with Crippen molar-refractivity contribution in [2.45, 2.75) is 33.4 Å². The van der Waals surface area contributed by atoms with Gasteiger partial charge >= 0.3 is 0 Å². The number of carbonyl (C=O) groups is 1. The van der Waals surface area contributed by atoms with E-state index in [0.29, 0.717) is 19.0 Å². The monoisotopic (exact) mass is 325 g/mol. The molecule has 0 bridgehead atoms. The normalized spacial score (nSPS) is 12.4. The summed E-state index contributed by atoms with van der Waals surface area (Å²) in [6.45, 7) is 5.89. The van der Waals surface area contributed by atoms with Crippen LogP contribution in [0.4, 0.5) is 0 Å². The summed E-state index contributed by atoms with van der Waals surface area (Å²) < 4.78 is 3.89. The molecule has 1 N–H and O–H groups in total. The highest BCUT2D eigenvalue weighted by molar-refractivity contribution is 5.81. The molecular weight excluding hydrogens is 302 g/mol. The van der Waals surface area contributed by atoms with Crippen LogP contribution in [-0.2, 0) is 24.3 Å². The third kappa shape index (κ3) is 3.64. The van der Waals surface area contributed by atoms with Crippen LogP contribution in [0, 0.1) is 5.92 Å². The van der Waals surface area contributed by atoms with E-state index < -0.39 is 0 Å². The van der Waals surface area contributed by atoms with Gasteiger partial charge in [-0.2, -0.15) is 5.10 Å². The van der Waals surface area contributed by atoms with Gasteiger partial charge in [-0.15, -0.1) is 0 Å². The first-order chi connectivity index (χ1) is 11.7. The number of aromatic nitrogens is 4. The molecule has 1 amide bonds. The van der Waals surface area contributed by atoms with Crippen LogP contribution >= 0.6 is 0 Å². The van der Waals surface area contributed by atoms with Crippen molar-refractivity contribution in [1.82, 2.24) is 24.6 Å². The largest absolute Gasteiger partial charge is 0.354 e. The van der Waals surface area contributed by atoms with Crippen LogP contribution in [-0.4, -0.2) is 31.8 Å². The van der Waals surface area contributed by atoms with Crippen molar-refractivity contribution in [2.24, 2.45) is 5.92 Å². The summed E-state index contributed by atoms with van der Waals surface area (Å²) in [5.41, 5.74) is 1.95. The van der Waals surface area contributed by atoms with Gasteiger partial charge in [-0.05, 0) is 24.1 Å². The Kier molecular flexibility index (Phi) is 4.93. The summed E-state index contributed by atoms with van der Waals surface area (Å²) in [6, 6.07) is 9.84. The third-order valence-corrected chi connectivity index (χ3v) is 4.06. The van der Waals surface area contributed by atoms with Crippen molar-refractivity contribution in [3.05, 3.63) is 48.5 Å². The molecule has 126 valence electrons. The lowest BCUT2D eigenvalue weighted by molar-refractivity contribution is -0.121. The number of nitrogens with zero attached hydrogens (tertiary/aromatic N) is 4. The minimum atomic E-state index is 0.0140. The lowest BCUT2D eigenvalue weighted by atomic mass is 10.2. The van der Waals surface area contributed by atoms with Crippen LogP contribution in [0.25, 0.3) is 11.0 Å². The molecule has 3 rings (SSSR count). The number of nitrogens with one attached hydrogen (secondary N) is 1. The Balaban J connectivity index is 1.60. The van der Waals surface area contributed by atoms with E-state index in [1.807, 2.05) is 45.8 Å². The van der Waals surface area contributed by atoms with Crippen molar-refractivity contribution in [1.29, 1.82) is 0 Å². The van der Waals surface area contributed by atoms with Crippen molar-refractivity contribution in [3.63, 3.8) is 0 Å². The zero-order chi connectivity index (χ0) is 16.9. The van der Waals surface area contributed by atoms with Crippen LogP contribution in [0.5, 0.6) is 0 Å². The molecule has 0 spiro atoms. The van der Waals surface area contributed by atoms with Gasteiger partial charge in [0.25, 0.3) is 0 Å². The molecule has 0 aliphatic heterocycles. The fourth-order valence-corrected chi connectivity index (χ4v) is 2.85. The first kappa shape index (κ1) is 16.2. The molecular formula is C18H23N5O. The summed E-state index contributed by atoms with van der Waals surface area (Å²) in [6.07, 6.45) is 4.50. The molecule has 1 unspecified atom stereocenters. The molecule has 3 aromatic rings. The highest BCUT2D eigenvalue weighted by Gasteiger charge is 2.13. The molecule has 6 heteroatoms. The van der Waals surface area contributed by atoms with Crippen LogP contribution in [0.1, 0.15) is 19.7 Å². The van der Waals surface area contributed by atoms with Gasteiger partial charge in [0.15, 0.2) is 0 Å². The molecule has 0 saturated carbocycles. The lowest BCUT2D eigenvalue weighted by Crippen LogP contribution is -2.33. The molecule has 0 saturated heterocycles. The van der Waals surface area contributed by atoms with Gasteiger partial charge in [0.1, 0.15) is 12.4 Å². The number of imidazole rings is 1. The summed E-state index contributed by atoms with van der Waals surface area (Å²) in [5.74, 6) is 1.27. The Morgan fingerprint density at radius 3 is 2.88 bits per heavy atom. The summed E-state index contributed by atoms with van der Waals surface area (Å²) in [7, 11) is 0. The molecule has 2 heterocycles. The molecule has 0 aliphatic carbocycles. The Labute approximate surface area is 141 Å². The molecule has 6 nitrogen and oxygen atoms in total. The minimum absolute atomic E-state index is 0.0140. The number of aryl methyl sites for hydroxylation is 1. The minimum Gasteiger partial charge on any atom is -0.354 e. The van der Waals surface area contributed by atoms with E-state index in [1.165, 1.54) is 0 Å². The molecule has 2 aromatic heterocycles. The summed E-state index contributed by atoms with van der Waals surface area (Å²) >= 11 is 0. The zero-order valence-electron chi connectivity index (χ0n) is 14.1. The van der Waals surface area contributed by atoms with Crippen molar-refractivity contribution in [2.75, 3.05) is 6.54 Å². The summed E-state index contributed by atoms with van der Waals surface area (Å²) in [4.78, 5) is 16.9. The van der Waals surface area contributed by atoms with Gasteiger partial charge in [0, 0.05) is 31.9 Å². The number of hydrogen-bond donors (Lipinski definition) is 1. The zero-order valence-corrected chi connectivity index (χ0v) is 14.1. The van der Waals surface area contributed by atoms with E-state index in [9.17, 15) is 4.79 Å². The smallest absolute Gasteiger partial charge is 0.240 e. The van der Waals surface area contributed by atoms with Crippen molar-refractivity contribution < 1.29 is 4.79 Å². The molecule has 1 aromatic carbocycles. The summed E-state index contributed by atoms with van der Waals surface area (Å²) in [5, 5.41) is 7.21. The Morgan fingerprint density at radius 2 is 2.12 bits per heavy atom. The average molecular weight is 325 g/mol. The van der Waals surface area contributed by atoms with E-state index in [0.717, 1.165) is 29.8 Å². The van der Waals surface area contributed by atoms with Crippen molar-refractivity contribution >= 4 is 16.9 Å². The maximum Gasteiger partial charge on any atom is 0.240 e. The van der Waals surface area contributed by atoms with Gasteiger partial charge in [-0.3, -0.25) is 9.48 Å². The maximum absolute atomic E-state index is 12.3. The van der Waals surface area contributed by atoms with E-state index >= 15 is 0 Å². The second-order valence-electron chi connectivity index (χ2n) is 6.09. The first-order valence-electron chi connectivity index (χ1n) is 8.35. The van der Waals surface area contributed by atoms with E-state index in [-0.39, 0.29) is 5.91 Å². The van der Waals surface area contributed by atoms with Crippen LogP contribution in [0.2, 0.25) is 0 Å². The van der Waals surface area contributed by atoms with Crippen LogP contribution < -0.4 is 5.32 Å². The van der Waals surface area contributed by atoms with Crippen LogP contribution in [0.3, 0.4) is 0 Å². The molecule has 0 radical (unpaired) electrons. The number of hydrogen-bond acceptors (Lipinski definition) is 3. The number of fused-ring (bicyclic) bond motifs is 1. The fraction of sp³-hybridized carbons (Fsp3) is 0.389. The standard InChI is InChI=1S/C18H23N5O/c1-3-17-21-15-7-4-5-8-16(15)23(17)13-18(24)19-11-14(2)12-22-10-6-9-20-22/h4-10,14H,3,11-13H2,1-2H3,(H,19,24). The number of amides is 1. The lowest BCUT2D eigenvalue weighted by Gasteiger charge is -2.14. The first-order valence-corrected chi connectivity index (χ1v) is 8.35. The van der Waals surface area contributed by atoms with E-state index in [2.05, 4.69) is 29.2 Å². The van der Waals surface area contributed by atoms with Gasteiger partial charge in [0.05, 0.1) is 11.0 Å². The van der Waals surface area contributed by atoms with Gasteiger partial charge < -0.3 is 9.88 Å². The second kappa shape index (κ2) is 7.29. The number of rotatable bonds is 7. The van der Waals surface area contributed by atoms with Crippen LogP contribution in [0.15, 0.2) is 42.7 Å². The fourth-order valence-electron chi connectivity index (χ4n) is 2.85. The van der Waals surface area contributed by atoms with Crippen molar-refractivity contribution in [3.8, 4) is 0 Å². The predicted octanol–water partition coefficient (Wildman–Crippen LogP) is 2.25. The van der Waals surface area contributed by atoms with Gasteiger partial charge in [-0.25, -0.2) is 4.98 Å². The molecule has 1 atom stereocenters. The average Bonchev–Trinajstić information content (AvgIpc) is 3.21. The number of benzene rings is 1. The quantitative estimate of drug-likeness (QED) is 0.724. The Hall–Kier alpha value is -2.63.